The summed E-state index contributed by atoms with van der Waals surface area (Å²) in [7, 11) is 1.99. The van der Waals surface area contributed by atoms with Gasteiger partial charge in [0, 0.05) is 19.6 Å². The molecule has 3 heterocycles. The van der Waals surface area contributed by atoms with Crippen LogP contribution in [0, 0.1) is 6.92 Å². The molecule has 2 N–H and O–H groups in total. The summed E-state index contributed by atoms with van der Waals surface area (Å²) >= 11 is 0. The molecule has 9 heteroatoms. The van der Waals surface area contributed by atoms with Crippen molar-refractivity contribution in [2.75, 3.05) is 19.6 Å². The molecule has 2 aromatic rings. The highest BCUT2D eigenvalue weighted by molar-refractivity contribution is 14.0. The van der Waals surface area contributed by atoms with Gasteiger partial charge in [0.05, 0.1) is 12.3 Å². The summed E-state index contributed by atoms with van der Waals surface area (Å²) in [5.41, 5.74) is 0. The number of aliphatic imine (C=N–C) groups is 1. The zero-order valence-corrected chi connectivity index (χ0v) is 21.0. The number of aryl methyl sites for hydroxylation is 1. The van der Waals surface area contributed by atoms with Crippen LogP contribution in [-0.4, -0.2) is 51.3 Å². The first-order valence-corrected chi connectivity index (χ1v) is 11.4. The van der Waals surface area contributed by atoms with Crippen LogP contribution < -0.4 is 10.6 Å². The molecule has 0 aromatic carbocycles. The molecule has 1 saturated carbocycles. The van der Waals surface area contributed by atoms with Gasteiger partial charge in [0.2, 0.25) is 0 Å². The van der Waals surface area contributed by atoms with Gasteiger partial charge in [0.1, 0.15) is 18.1 Å². The van der Waals surface area contributed by atoms with Gasteiger partial charge in [-0.2, -0.15) is 0 Å². The van der Waals surface area contributed by atoms with Crippen molar-refractivity contribution in [3.05, 3.63) is 35.8 Å². The Morgan fingerprint density at radius 1 is 1.19 bits per heavy atom. The second-order valence-corrected chi connectivity index (χ2v) is 8.52. The smallest absolute Gasteiger partial charge is 0.191 e. The fourth-order valence-electron chi connectivity index (χ4n) is 4.47. The number of furan rings is 1. The van der Waals surface area contributed by atoms with Crippen LogP contribution in [0.1, 0.15) is 68.4 Å². The molecule has 4 rings (SSSR count). The minimum Gasteiger partial charge on any atom is -0.468 e. The van der Waals surface area contributed by atoms with Crippen LogP contribution in [0.25, 0.3) is 0 Å². The maximum absolute atomic E-state index is 5.80. The van der Waals surface area contributed by atoms with Crippen LogP contribution >= 0.6 is 24.0 Å². The van der Waals surface area contributed by atoms with E-state index in [-0.39, 0.29) is 30.0 Å². The standard InChI is InChI=1S/C22H35N7O.HI/c1-17-26-27-21(28(17)2)16-24-22(25-18-9-4-5-10-18)23-15-19(20-11-8-14-30-20)29-12-6-3-7-13-29;/h8,11,14,18-19H,3-7,9-10,12-13,15-16H2,1-2H3,(H2,23,24,25);1H. The molecular weight excluding hydrogens is 505 g/mol. The average molecular weight is 541 g/mol. The fraction of sp³-hybridized carbons (Fsp3) is 0.682. The van der Waals surface area contributed by atoms with E-state index in [4.69, 9.17) is 9.41 Å². The molecule has 2 aromatic heterocycles. The van der Waals surface area contributed by atoms with Crippen LogP contribution in [0.3, 0.4) is 0 Å². The Labute approximate surface area is 202 Å². The lowest BCUT2D eigenvalue weighted by Gasteiger charge is -2.34. The Morgan fingerprint density at radius 3 is 2.61 bits per heavy atom. The van der Waals surface area contributed by atoms with Crippen molar-refractivity contribution in [1.29, 1.82) is 0 Å². The SMILES string of the molecule is Cc1nnc(CN=C(NCC(c2ccco2)N2CCCCC2)NC2CCCC2)n1C.I. The number of piperidine rings is 1. The van der Waals surface area contributed by atoms with Gasteiger partial charge in [-0.15, -0.1) is 34.2 Å². The molecule has 1 saturated heterocycles. The third-order valence-electron chi connectivity index (χ3n) is 6.42. The van der Waals surface area contributed by atoms with Gasteiger partial charge in [-0.25, -0.2) is 4.99 Å². The van der Waals surface area contributed by atoms with Crippen LogP contribution in [-0.2, 0) is 13.6 Å². The van der Waals surface area contributed by atoms with Gasteiger partial charge in [-0.1, -0.05) is 19.3 Å². The van der Waals surface area contributed by atoms with Crippen LogP contribution in [0.5, 0.6) is 0 Å². The third-order valence-corrected chi connectivity index (χ3v) is 6.42. The van der Waals surface area contributed by atoms with Gasteiger partial charge in [-0.05, 0) is 57.8 Å². The molecule has 1 aliphatic heterocycles. The Bertz CT molecular complexity index is 808. The van der Waals surface area contributed by atoms with E-state index in [0.717, 1.165) is 43.0 Å². The van der Waals surface area contributed by atoms with Crippen LogP contribution in [0.2, 0.25) is 0 Å². The monoisotopic (exact) mass is 541 g/mol. The lowest BCUT2D eigenvalue weighted by atomic mass is 10.1. The summed E-state index contributed by atoms with van der Waals surface area (Å²) in [5.74, 6) is 3.66. The van der Waals surface area contributed by atoms with Crippen molar-refractivity contribution in [2.45, 2.75) is 70.5 Å². The molecule has 2 aliphatic rings. The van der Waals surface area contributed by atoms with E-state index < -0.39 is 0 Å². The predicted molar refractivity (Wildman–Crippen MR) is 133 cm³/mol. The molecule has 8 nitrogen and oxygen atoms in total. The number of guanidine groups is 1. The molecule has 0 bridgehead atoms. The molecule has 0 radical (unpaired) electrons. The number of nitrogens with zero attached hydrogens (tertiary/aromatic N) is 5. The third kappa shape index (κ3) is 6.44. The predicted octanol–water partition coefficient (Wildman–Crippen LogP) is 3.54. The summed E-state index contributed by atoms with van der Waals surface area (Å²) in [5, 5.41) is 15.7. The Kier molecular flexibility index (Phi) is 9.18. The van der Waals surface area contributed by atoms with Gasteiger partial charge < -0.3 is 19.6 Å². The van der Waals surface area contributed by atoms with Gasteiger partial charge in [0.15, 0.2) is 11.8 Å². The normalized spacial score (nSPS) is 19.2. The van der Waals surface area contributed by atoms with Gasteiger partial charge in [0.25, 0.3) is 0 Å². The van der Waals surface area contributed by atoms with E-state index in [1.807, 2.05) is 24.6 Å². The van der Waals surface area contributed by atoms with Crippen molar-refractivity contribution in [3.8, 4) is 0 Å². The van der Waals surface area contributed by atoms with Crippen LogP contribution in [0.15, 0.2) is 27.8 Å². The number of nitrogens with one attached hydrogen (secondary N) is 2. The molecule has 2 fully saturated rings. The summed E-state index contributed by atoms with van der Waals surface area (Å²) in [6.07, 6.45) is 10.6. The van der Waals surface area contributed by atoms with E-state index in [9.17, 15) is 0 Å². The van der Waals surface area contributed by atoms with Crippen molar-refractivity contribution in [3.63, 3.8) is 0 Å². The number of hydrogen-bond acceptors (Lipinski definition) is 5. The quantitative estimate of drug-likeness (QED) is 0.317. The number of rotatable bonds is 7. The Balaban J connectivity index is 0.00000272. The molecule has 0 amide bonds. The Hall–Kier alpha value is -1.62. The minimum atomic E-state index is 0. The van der Waals surface area contributed by atoms with E-state index >= 15 is 0 Å². The van der Waals surface area contributed by atoms with Crippen molar-refractivity contribution in [1.82, 2.24) is 30.3 Å². The zero-order chi connectivity index (χ0) is 20.8. The Morgan fingerprint density at radius 2 is 1.97 bits per heavy atom. The van der Waals surface area contributed by atoms with Crippen LogP contribution in [0.4, 0.5) is 0 Å². The zero-order valence-electron chi connectivity index (χ0n) is 18.7. The number of aromatic nitrogens is 3. The summed E-state index contributed by atoms with van der Waals surface area (Å²) in [6.45, 7) is 5.47. The molecule has 1 aliphatic carbocycles. The van der Waals surface area contributed by atoms with E-state index in [1.54, 1.807) is 6.26 Å². The maximum Gasteiger partial charge on any atom is 0.191 e. The summed E-state index contributed by atoms with van der Waals surface area (Å²) < 4.78 is 7.79. The highest BCUT2D eigenvalue weighted by Gasteiger charge is 2.25. The highest BCUT2D eigenvalue weighted by atomic mass is 127. The largest absolute Gasteiger partial charge is 0.468 e. The van der Waals surface area contributed by atoms with Gasteiger partial charge in [-0.3, -0.25) is 4.90 Å². The second-order valence-electron chi connectivity index (χ2n) is 8.52. The first kappa shape index (κ1) is 24.0. The van der Waals surface area contributed by atoms with Crippen molar-refractivity contribution < 1.29 is 4.42 Å². The van der Waals surface area contributed by atoms with E-state index in [0.29, 0.717) is 12.6 Å². The lowest BCUT2D eigenvalue weighted by molar-refractivity contribution is 0.146. The molecule has 1 unspecified atom stereocenters. The topological polar surface area (TPSA) is 83.5 Å². The minimum absolute atomic E-state index is 0. The molecule has 172 valence electrons. The molecule has 1 atom stereocenters. The molecule has 0 spiro atoms. The number of halogens is 1. The fourth-order valence-corrected chi connectivity index (χ4v) is 4.47. The van der Waals surface area contributed by atoms with Crippen molar-refractivity contribution >= 4 is 29.9 Å². The molecular formula is C22H36IN7O. The summed E-state index contributed by atoms with van der Waals surface area (Å²) in [6, 6.07) is 4.78. The molecule has 31 heavy (non-hydrogen) atoms. The van der Waals surface area contributed by atoms with E-state index in [1.165, 1.54) is 44.9 Å². The maximum atomic E-state index is 5.80. The first-order valence-electron chi connectivity index (χ1n) is 11.4. The lowest BCUT2D eigenvalue weighted by Crippen LogP contribution is -2.46. The highest BCUT2D eigenvalue weighted by Crippen LogP contribution is 2.24. The summed E-state index contributed by atoms with van der Waals surface area (Å²) in [4.78, 5) is 7.39. The average Bonchev–Trinajstić information content (AvgIpc) is 3.53. The number of likely N-dealkylation sites (tertiary alicyclic amines) is 1. The number of hydrogen-bond donors (Lipinski definition) is 2. The second kappa shape index (κ2) is 11.8. The van der Waals surface area contributed by atoms with Crippen molar-refractivity contribution in [2.24, 2.45) is 12.0 Å². The van der Waals surface area contributed by atoms with E-state index in [2.05, 4.69) is 31.8 Å². The first-order chi connectivity index (χ1) is 14.7. The van der Waals surface area contributed by atoms with Gasteiger partial charge >= 0.3 is 0 Å².